The smallest absolute Gasteiger partial charge is 0.350 e. The van der Waals surface area contributed by atoms with E-state index in [0.717, 1.165) is 22.0 Å². The fourth-order valence-electron chi connectivity index (χ4n) is 2.70. The van der Waals surface area contributed by atoms with E-state index >= 15 is 0 Å². The molecule has 0 aliphatic carbocycles. The Labute approximate surface area is 156 Å². The van der Waals surface area contributed by atoms with Crippen LogP contribution in [0.3, 0.4) is 0 Å². The number of rotatable bonds is 5. The van der Waals surface area contributed by atoms with Crippen molar-refractivity contribution in [3.05, 3.63) is 63.9 Å². The zero-order chi connectivity index (χ0) is 18.8. The molecule has 1 aromatic carbocycles. The lowest BCUT2D eigenvalue weighted by Crippen LogP contribution is -2.14. The molecule has 0 saturated carbocycles. The Morgan fingerprint density at radius 2 is 1.85 bits per heavy atom. The molecule has 0 amide bonds. The highest BCUT2D eigenvalue weighted by atomic mass is 32.1. The molecule has 2 heterocycles. The summed E-state index contributed by atoms with van der Waals surface area (Å²) in [4.78, 5) is 29.6. The largest absolute Gasteiger partial charge is 0.453 e. The van der Waals surface area contributed by atoms with Crippen molar-refractivity contribution in [2.75, 3.05) is 6.61 Å². The summed E-state index contributed by atoms with van der Waals surface area (Å²) in [5.74, 6) is -0.717. The van der Waals surface area contributed by atoms with Crippen molar-refractivity contribution < 1.29 is 14.3 Å². The van der Waals surface area contributed by atoms with Gasteiger partial charge in [-0.3, -0.25) is 4.79 Å². The van der Waals surface area contributed by atoms with Crippen LogP contribution in [0, 0.1) is 20.8 Å². The number of carbonyl (C=O) groups excluding carboxylic acids is 2. The summed E-state index contributed by atoms with van der Waals surface area (Å²) in [7, 11) is 1.90. The molecular formula is C20H20N2O3S. The van der Waals surface area contributed by atoms with Gasteiger partial charge in [-0.05, 0) is 26.8 Å². The van der Waals surface area contributed by atoms with E-state index in [1.54, 1.807) is 6.92 Å². The first kappa shape index (κ1) is 18.1. The number of carbonyl (C=O) groups is 2. The van der Waals surface area contributed by atoms with Crippen LogP contribution >= 0.6 is 11.3 Å². The molecular weight excluding hydrogens is 348 g/mol. The number of esters is 1. The Morgan fingerprint density at radius 1 is 1.15 bits per heavy atom. The SMILES string of the molecule is Cc1nc(-c2ccccc2)sc1C(=O)OCC(=O)c1cc(C)n(C)c1C. The summed E-state index contributed by atoms with van der Waals surface area (Å²) in [6.45, 7) is 5.30. The summed E-state index contributed by atoms with van der Waals surface area (Å²) in [5, 5.41) is 0.760. The van der Waals surface area contributed by atoms with Gasteiger partial charge in [0.05, 0.1) is 5.69 Å². The second kappa shape index (κ2) is 7.25. The molecule has 0 saturated heterocycles. The van der Waals surface area contributed by atoms with Gasteiger partial charge >= 0.3 is 5.97 Å². The Hall–Kier alpha value is -2.73. The predicted octanol–water partition coefficient (Wildman–Crippen LogP) is 4.11. The van der Waals surface area contributed by atoms with E-state index in [4.69, 9.17) is 4.74 Å². The summed E-state index contributed by atoms with van der Waals surface area (Å²) in [5.41, 5.74) is 4.00. The van der Waals surface area contributed by atoms with Crippen LogP contribution < -0.4 is 0 Å². The highest BCUT2D eigenvalue weighted by Gasteiger charge is 2.20. The number of aromatic nitrogens is 2. The van der Waals surface area contributed by atoms with Gasteiger partial charge in [0.2, 0.25) is 5.78 Å². The first-order chi connectivity index (χ1) is 12.4. The van der Waals surface area contributed by atoms with Crippen LogP contribution in [0.5, 0.6) is 0 Å². The molecule has 0 atom stereocenters. The number of ketones is 1. The first-order valence-electron chi connectivity index (χ1n) is 8.24. The Kier molecular flexibility index (Phi) is 5.04. The normalized spacial score (nSPS) is 10.8. The van der Waals surface area contributed by atoms with Gasteiger partial charge in [0.15, 0.2) is 6.61 Å². The molecule has 3 rings (SSSR count). The lowest BCUT2D eigenvalue weighted by Gasteiger charge is -2.04. The number of Topliss-reactive ketones (excluding diaryl/α,β-unsaturated/α-hetero) is 1. The van der Waals surface area contributed by atoms with Gasteiger partial charge in [0.1, 0.15) is 9.88 Å². The first-order valence-corrected chi connectivity index (χ1v) is 9.06. The van der Waals surface area contributed by atoms with Crippen LogP contribution in [0.4, 0.5) is 0 Å². The van der Waals surface area contributed by atoms with E-state index in [-0.39, 0.29) is 12.4 Å². The lowest BCUT2D eigenvalue weighted by atomic mass is 10.1. The molecule has 5 nitrogen and oxygen atoms in total. The highest BCUT2D eigenvalue weighted by Crippen LogP contribution is 2.28. The van der Waals surface area contributed by atoms with Gasteiger partial charge in [-0.2, -0.15) is 0 Å². The maximum Gasteiger partial charge on any atom is 0.350 e. The monoisotopic (exact) mass is 368 g/mol. The van der Waals surface area contributed by atoms with Crippen LogP contribution in [0.1, 0.15) is 37.1 Å². The topological polar surface area (TPSA) is 61.2 Å². The van der Waals surface area contributed by atoms with Crippen molar-refractivity contribution in [3.63, 3.8) is 0 Å². The molecule has 0 fully saturated rings. The number of nitrogens with zero attached hydrogens (tertiary/aromatic N) is 2. The molecule has 134 valence electrons. The minimum Gasteiger partial charge on any atom is -0.453 e. The van der Waals surface area contributed by atoms with Crippen LogP contribution in [0.2, 0.25) is 0 Å². The molecule has 0 N–H and O–H groups in total. The summed E-state index contributed by atoms with van der Waals surface area (Å²) in [6, 6.07) is 11.5. The second-order valence-electron chi connectivity index (χ2n) is 6.14. The third-order valence-electron chi connectivity index (χ3n) is 4.41. The number of hydrogen-bond acceptors (Lipinski definition) is 5. The maximum absolute atomic E-state index is 12.4. The van der Waals surface area contributed by atoms with E-state index in [1.807, 2.05) is 61.9 Å². The average molecular weight is 368 g/mol. The molecule has 0 unspecified atom stereocenters. The van der Waals surface area contributed by atoms with Crippen LogP contribution in [-0.2, 0) is 11.8 Å². The molecule has 2 aromatic heterocycles. The van der Waals surface area contributed by atoms with E-state index in [0.29, 0.717) is 16.1 Å². The molecule has 0 radical (unpaired) electrons. The van der Waals surface area contributed by atoms with Gasteiger partial charge in [-0.1, -0.05) is 30.3 Å². The van der Waals surface area contributed by atoms with Crippen molar-refractivity contribution in [1.82, 2.24) is 9.55 Å². The summed E-state index contributed by atoms with van der Waals surface area (Å²) in [6.07, 6.45) is 0. The lowest BCUT2D eigenvalue weighted by molar-refractivity contribution is 0.0478. The number of ether oxygens (including phenoxy) is 1. The van der Waals surface area contributed by atoms with E-state index in [2.05, 4.69) is 4.98 Å². The van der Waals surface area contributed by atoms with Crippen LogP contribution in [0.25, 0.3) is 10.6 Å². The van der Waals surface area contributed by atoms with Gasteiger partial charge in [0, 0.05) is 29.6 Å². The number of hydrogen-bond donors (Lipinski definition) is 0. The minimum atomic E-state index is -0.513. The fourth-order valence-corrected chi connectivity index (χ4v) is 3.67. The van der Waals surface area contributed by atoms with Crippen molar-refractivity contribution in [2.24, 2.45) is 7.05 Å². The minimum absolute atomic E-state index is 0.204. The Balaban J connectivity index is 1.72. The predicted molar refractivity (Wildman–Crippen MR) is 102 cm³/mol. The molecule has 6 heteroatoms. The quantitative estimate of drug-likeness (QED) is 0.502. The molecule has 26 heavy (non-hydrogen) atoms. The standard InChI is InChI=1S/C20H20N2O3S/c1-12-10-16(14(3)22(12)4)17(23)11-25-20(24)18-13(2)21-19(26-18)15-8-6-5-7-9-15/h5-10H,11H2,1-4H3. The molecule has 3 aromatic rings. The number of thiazole rings is 1. The fraction of sp³-hybridized carbons (Fsp3) is 0.250. The molecule has 0 aliphatic rings. The van der Waals surface area contributed by atoms with Crippen molar-refractivity contribution in [1.29, 1.82) is 0 Å². The van der Waals surface area contributed by atoms with E-state index in [1.165, 1.54) is 11.3 Å². The van der Waals surface area contributed by atoms with Crippen LogP contribution in [0.15, 0.2) is 36.4 Å². The zero-order valence-corrected chi connectivity index (χ0v) is 16.0. The van der Waals surface area contributed by atoms with E-state index < -0.39 is 5.97 Å². The van der Waals surface area contributed by atoms with Gasteiger partial charge in [-0.25, -0.2) is 9.78 Å². The Bertz CT molecular complexity index is 971. The maximum atomic E-state index is 12.4. The Morgan fingerprint density at radius 3 is 2.46 bits per heavy atom. The third-order valence-corrected chi connectivity index (χ3v) is 5.60. The van der Waals surface area contributed by atoms with Crippen LogP contribution in [-0.4, -0.2) is 27.9 Å². The van der Waals surface area contributed by atoms with Gasteiger partial charge in [0.25, 0.3) is 0 Å². The zero-order valence-electron chi connectivity index (χ0n) is 15.2. The van der Waals surface area contributed by atoms with Crippen molar-refractivity contribution in [3.8, 4) is 10.6 Å². The van der Waals surface area contributed by atoms with Crippen molar-refractivity contribution in [2.45, 2.75) is 20.8 Å². The molecule has 0 spiro atoms. The second-order valence-corrected chi connectivity index (χ2v) is 7.14. The van der Waals surface area contributed by atoms with Gasteiger partial charge in [-0.15, -0.1) is 11.3 Å². The number of benzene rings is 1. The van der Waals surface area contributed by atoms with Gasteiger partial charge < -0.3 is 9.30 Å². The van der Waals surface area contributed by atoms with E-state index in [9.17, 15) is 9.59 Å². The highest BCUT2D eigenvalue weighted by molar-refractivity contribution is 7.17. The number of aryl methyl sites for hydroxylation is 2. The summed E-state index contributed by atoms with van der Waals surface area (Å²) < 4.78 is 7.19. The molecule has 0 bridgehead atoms. The molecule has 0 aliphatic heterocycles. The summed E-state index contributed by atoms with van der Waals surface area (Å²) >= 11 is 1.28. The average Bonchev–Trinajstić information content (AvgIpc) is 3.15. The van der Waals surface area contributed by atoms with Crippen molar-refractivity contribution >= 4 is 23.1 Å². The third kappa shape index (κ3) is 3.46.